The Morgan fingerprint density at radius 3 is 2.24 bits per heavy atom. The Morgan fingerprint density at radius 2 is 1.71 bits per heavy atom. The molecule has 17 heavy (non-hydrogen) atoms. The number of rotatable bonds is 11. The van der Waals surface area contributed by atoms with Crippen LogP contribution in [0.2, 0.25) is 0 Å². The largest absolute Gasteiger partial charge is 0.382 e. The molecule has 0 saturated heterocycles. The standard InChI is InChI=1S/C12H24ClNO3/c1-15-7-8-17-10-9-16-6-5-14-12(11-13)3-2-4-12/h14H,2-11H2,1H3. The summed E-state index contributed by atoms with van der Waals surface area (Å²) in [6.07, 6.45) is 3.67. The maximum absolute atomic E-state index is 5.94. The van der Waals surface area contributed by atoms with Crippen LogP contribution < -0.4 is 5.32 Å². The molecule has 1 fully saturated rings. The zero-order chi connectivity index (χ0) is 12.4. The van der Waals surface area contributed by atoms with Gasteiger partial charge in [0, 0.05) is 25.1 Å². The van der Waals surface area contributed by atoms with E-state index in [0.29, 0.717) is 38.9 Å². The highest BCUT2D eigenvalue weighted by atomic mass is 35.5. The van der Waals surface area contributed by atoms with Crippen LogP contribution in [0.5, 0.6) is 0 Å². The van der Waals surface area contributed by atoms with E-state index in [1.54, 1.807) is 7.11 Å². The first-order valence-electron chi connectivity index (χ1n) is 6.28. The summed E-state index contributed by atoms with van der Waals surface area (Å²) in [5.74, 6) is 0.702. The Bertz CT molecular complexity index is 183. The summed E-state index contributed by atoms with van der Waals surface area (Å²) in [5.41, 5.74) is 0.194. The van der Waals surface area contributed by atoms with Crippen molar-refractivity contribution in [3.63, 3.8) is 0 Å². The van der Waals surface area contributed by atoms with Crippen LogP contribution in [0.15, 0.2) is 0 Å². The Balaban J connectivity index is 1.81. The molecule has 1 aliphatic rings. The summed E-state index contributed by atoms with van der Waals surface area (Å²) < 4.78 is 15.6. The molecule has 0 aromatic heterocycles. The van der Waals surface area contributed by atoms with Gasteiger partial charge in [-0.2, -0.15) is 0 Å². The van der Waals surface area contributed by atoms with E-state index in [1.165, 1.54) is 19.3 Å². The third-order valence-electron chi connectivity index (χ3n) is 3.12. The second-order valence-electron chi connectivity index (χ2n) is 4.41. The monoisotopic (exact) mass is 265 g/mol. The van der Waals surface area contributed by atoms with Crippen molar-refractivity contribution >= 4 is 11.6 Å². The molecule has 0 aromatic carbocycles. The Kier molecular flexibility index (Phi) is 8.14. The van der Waals surface area contributed by atoms with Gasteiger partial charge in [0.05, 0.1) is 33.0 Å². The summed E-state index contributed by atoms with van der Waals surface area (Å²) in [6.45, 7) is 4.12. The van der Waals surface area contributed by atoms with Crippen molar-refractivity contribution in [2.75, 3.05) is 52.6 Å². The molecule has 0 unspecified atom stereocenters. The Morgan fingerprint density at radius 1 is 1.06 bits per heavy atom. The predicted octanol–water partition coefficient (Wildman–Crippen LogP) is 1.42. The van der Waals surface area contributed by atoms with Crippen LogP contribution in [-0.4, -0.2) is 58.1 Å². The van der Waals surface area contributed by atoms with E-state index in [-0.39, 0.29) is 5.54 Å². The number of methoxy groups -OCH3 is 1. The van der Waals surface area contributed by atoms with Gasteiger partial charge in [0.15, 0.2) is 0 Å². The molecule has 0 atom stereocenters. The molecular formula is C12H24ClNO3. The molecule has 4 nitrogen and oxygen atoms in total. The summed E-state index contributed by atoms with van der Waals surface area (Å²) in [5, 5.41) is 3.48. The minimum absolute atomic E-state index is 0.194. The SMILES string of the molecule is COCCOCCOCCNC1(CCl)CCC1. The fourth-order valence-electron chi connectivity index (χ4n) is 1.81. The molecule has 0 aliphatic heterocycles. The third kappa shape index (κ3) is 6.02. The number of alkyl halides is 1. The zero-order valence-corrected chi connectivity index (χ0v) is 11.4. The highest BCUT2D eigenvalue weighted by Crippen LogP contribution is 2.32. The molecule has 1 rings (SSSR count). The molecule has 0 heterocycles. The normalized spacial score (nSPS) is 18.0. The van der Waals surface area contributed by atoms with Gasteiger partial charge in [-0.3, -0.25) is 0 Å². The van der Waals surface area contributed by atoms with Crippen molar-refractivity contribution in [1.82, 2.24) is 5.32 Å². The minimum atomic E-state index is 0.194. The van der Waals surface area contributed by atoms with Crippen molar-refractivity contribution in [1.29, 1.82) is 0 Å². The Hall–Kier alpha value is 0.130. The first-order valence-corrected chi connectivity index (χ1v) is 6.82. The van der Waals surface area contributed by atoms with E-state index in [1.807, 2.05) is 0 Å². The summed E-state index contributed by atoms with van der Waals surface area (Å²) >= 11 is 5.94. The minimum Gasteiger partial charge on any atom is -0.382 e. The van der Waals surface area contributed by atoms with Crippen LogP contribution in [0.4, 0.5) is 0 Å². The molecule has 1 aliphatic carbocycles. The van der Waals surface area contributed by atoms with Gasteiger partial charge < -0.3 is 19.5 Å². The van der Waals surface area contributed by atoms with Crippen molar-refractivity contribution in [2.45, 2.75) is 24.8 Å². The number of halogens is 1. The lowest BCUT2D eigenvalue weighted by Gasteiger charge is -2.41. The molecule has 0 aromatic rings. The van der Waals surface area contributed by atoms with E-state index in [9.17, 15) is 0 Å². The second-order valence-corrected chi connectivity index (χ2v) is 4.68. The topological polar surface area (TPSA) is 39.7 Å². The fourth-order valence-corrected chi connectivity index (χ4v) is 2.18. The summed E-state index contributed by atoms with van der Waals surface area (Å²) in [7, 11) is 1.67. The van der Waals surface area contributed by atoms with Gasteiger partial charge in [-0.1, -0.05) is 0 Å². The van der Waals surface area contributed by atoms with E-state index in [4.69, 9.17) is 25.8 Å². The van der Waals surface area contributed by atoms with Crippen molar-refractivity contribution in [3.8, 4) is 0 Å². The van der Waals surface area contributed by atoms with Crippen LogP contribution in [0.25, 0.3) is 0 Å². The van der Waals surface area contributed by atoms with Crippen LogP contribution in [-0.2, 0) is 14.2 Å². The van der Waals surface area contributed by atoms with Gasteiger partial charge in [-0.05, 0) is 19.3 Å². The number of hydrogen-bond donors (Lipinski definition) is 1. The highest BCUT2D eigenvalue weighted by molar-refractivity contribution is 6.18. The van der Waals surface area contributed by atoms with Crippen LogP contribution in [0, 0.1) is 0 Å². The molecule has 5 heteroatoms. The molecule has 0 bridgehead atoms. The van der Waals surface area contributed by atoms with E-state index < -0.39 is 0 Å². The van der Waals surface area contributed by atoms with Gasteiger partial charge in [-0.15, -0.1) is 11.6 Å². The lowest BCUT2D eigenvalue weighted by Crippen LogP contribution is -2.53. The fraction of sp³-hybridized carbons (Fsp3) is 1.00. The Labute approximate surface area is 109 Å². The van der Waals surface area contributed by atoms with Crippen molar-refractivity contribution in [3.05, 3.63) is 0 Å². The number of nitrogens with one attached hydrogen (secondary N) is 1. The lowest BCUT2D eigenvalue weighted by atomic mass is 9.78. The molecule has 1 saturated carbocycles. The lowest BCUT2D eigenvalue weighted by molar-refractivity contribution is 0.0235. The average Bonchev–Trinajstić information content (AvgIpc) is 2.30. The average molecular weight is 266 g/mol. The zero-order valence-electron chi connectivity index (χ0n) is 10.7. The van der Waals surface area contributed by atoms with Crippen molar-refractivity contribution < 1.29 is 14.2 Å². The van der Waals surface area contributed by atoms with Crippen LogP contribution in [0.1, 0.15) is 19.3 Å². The van der Waals surface area contributed by atoms with Crippen LogP contribution in [0.3, 0.4) is 0 Å². The number of ether oxygens (including phenoxy) is 3. The van der Waals surface area contributed by atoms with Crippen molar-refractivity contribution in [2.24, 2.45) is 0 Å². The molecule has 0 spiro atoms. The van der Waals surface area contributed by atoms with E-state index in [2.05, 4.69) is 5.32 Å². The summed E-state index contributed by atoms with van der Waals surface area (Å²) in [4.78, 5) is 0. The first-order chi connectivity index (χ1) is 8.33. The van der Waals surface area contributed by atoms with Gasteiger partial charge in [-0.25, -0.2) is 0 Å². The van der Waals surface area contributed by atoms with Gasteiger partial charge in [0.2, 0.25) is 0 Å². The number of hydrogen-bond acceptors (Lipinski definition) is 4. The van der Waals surface area contributed by atoms with E-state index >= 15 is 0 Å². The predicted molar refractivity (Wildman–Crippen MR) is 68.8 cm³/mol. The van der Waals surface area contributed by atoms with Crippen LogP contribution >= 0.6 is 11.6 Å². The molecule has 0 amide bonds. The van der Waals surface area contributed by atoms with Gasteiger partial charge in [0.1, 0.15) is 0 Å². The molecule has 0 radical (unpaired) electrons. The molecular weight excluding hydrogens is 242 g/mol. The third-order valence-corrected chi connectivity index (χ3v) is 3.63. The first kappa shape index (κ1) is 15.2. The smallest absolute Gasteiger partial charge is 0.0701 e. The molecule has 102 valence electrons. The van der Waals surface area contributed by atoms with Gasteiger partial charge in [0.25, 0.3) is 0 Å². The second kappa shape index (κ2) is 9.11. The van der Waals surface area contributed by atoms with E-state index in [0.717, 1.165) is 6.54 Å². The van der Waals surface area contributed by atoms with Gasteiger partial charge >= 0.3 is 0 Å². The summed E-state index contributed by atoms with van der Waals surface area (Å²) in [6, 6.07) is 0. The maximum atomic E-state index is 5.94. The maximum Gasteiger partial charge on any atom is 0.0701 e. The molecule has 1 N–H and O–H groups in total. The highest BCUT2D eigenvalue weighted by Gasteiger charge is 2.34. The quantitative estimate of drug-likeness (QED) is 0.453.